The molecule has 0 unspecified atom stereocenters. The Balaban J connectivity index is 1.30. The van der Waals surface area contributed by atoms with Crippen LogP contribution in [0.25, 0.3) is 0 Å². The lowest BCUT2D eigenvalue weighted by Gasteiger charge is -2.45. The van der Waals surface area contributed by atoms with Crippen molar-refractivity contribution in [1.29, 1.82) is 0 Å². The molecule has 2 saturated carbocycles. The Morgan fingerprint density at radius 3 is 2.74 bits per heavy atom. The van der Waals surface area contributed by atoms with Crippen LogP contribution in [0.2, 0.25) is 0 Å². The van der Waals surface area contributed by atoms with Crippen molar-refractivity contribution in [2.75, 3.05) is 13.1 Å². The molecule has 4 rings (SSSR count). The molecule has 3 aliphatic rings. The second-order valence-corrected chi connectivity index (χ2v) is 9.83. The molecule has 0 radical (unpaired) electrons. The summed E-state index contributed by atoms with van der Waals surface area (Å²) in [7, 11) is -1.07. The maximum absolute atomic E-state index is 12.0. The quantitative estimate of drug-likeness (QED) is 0.875. The van der Waals surface area contributed by atoms with E-state index in [0.717, 1.165) is 51.0 Å². The zero-order valence-electron chi connectivity index (χ0n) is 14.0. The van der Waals surface area contributed by atoms with Gasteiger partial charge in [0.15, 0.2) is 0 Å². The molecule has 1 spiro atoms. The van der Waals surface area contributed by atoms with E-state index in [9.17, 15) is 8.42 Å². The molecular weight excluding hydrogens is 312 g/mol. The summed E-state index contributed by atoms with van der Waals surface area (Å²) in [6.45, 7) is 5.21. The third kappa shape index (κ3) is 3.06. The summed E-state index contributed by atoms with van der Waals surface area (Å²) < 4.78 is 28.8. The lowest BCUT2D eigenvalue weighted by molar-refractivity contribution is 0.101. The number of rotatable bonds is 5. The van der Waals surface area contributed by atoms with Crippen molar-refractivity contribution < 1.29 is 8.42 Å². The van der Waals surface area contributed by atoms with Gasteiger partial charge in [0.2, 0.25) is 10.0 Å². The van der Waals surface area contributed by atoms with Gasteiger partial charge in [0, 0.05) is 37.9 Å². The van der Waals surface area contributed by atoms with E-state index < -0.39 is 10.0 Å². The molecular formula is C16H26N4O2S. The van der Waals surface area contributed by atoms with Gasteiger partial charge in [0.25, 0.3) is 0 Å². The van der Waals surface area contributed by atoms with Gasteiger partial charge in [0.05, 0.1) is 10.9 Å². The maximum Gasteiger partial charge on any atom is 0.214 e. The maximum atomic E-state index is 12.0. The molecule has 7 heteroatoms. The molecule has 0 aromatic carbocycles. The molecule has 0 bridgehead atoms. The van der Waals surface area contributed by atoms with Crippen LogP contribution in [-0.4, -0.2) is 47.5 Å². The summed E-state index contributed by atoms with van der Waals surface area (Å²) in [6, 6.07) is 0.167. The van der Waals surface area contributed by atoms with E-state index in [-0.39, 0.29) is 11.3 Å². The van der Waals surface area contributed by atoms with Crippen LogP contribution in [0, 0.1) is 12.3 Å². The summed E-state index contributed by atoms with van der Waals surface area (Å²) in [5.41, 5.74) is 2.75. The molecule has 23 heavy (non-hydrogen) atoms. The highest BCUT2D eigenvalue weighted by Gasteiger charge is 2.50. The molecule has 1 aromatic heterocycles. The van der Waals surface area contributed by atoms with Crippen molar-refractivity contribution in [3.05, 3.63) is 17.5 Å². The van der Waals surface area contributed by atoms with E-state index in [1.807, 2.05) is 11.7 Å². The lowest BCUT2D eigenvalue weighted by Crippen LogP contribution is -2.52. The van der Waals surface area contributed by atoms with E-state index in [4.69, 9.17) is 0 Å². The minimum atomic E-state index is -3.03. The van der Waals surface area contributed by atoms with E-state index in [1.165, 1.54) is 12.0 Å². The van der Waals surface area contributed by atoms with Crippen molar-refractivity contribution in [2.45, 2.75) is 56.9 Å². The summed E-state index contributed by atoms with van der Waals surface area (Å²) in [4.78, 5) is 2.50. The van der Waals surface area contributed by atoms with Crippen LogP contribution < -0.4 is 4.72 Å². The number of likely N-dealkylation sites (tertiary alicyclic amines) is 1. The van der Waals surface area contributed by atoms with Gasteiger partial charge in [-0.2, -0.15) is 5.10 Å². The minimum absolute atomic E-state index is 0.104. The highest BCUT2D eigenvalue weighted by atomic mass is 32.2. The molecule has 2 heterocycles. The average molecular weight is 338 g/mol. The lowest BCUT2D eigenvalue weighted by atomic mass is 9.65. The van der Waals surface area contributed by atoms with Crippen molar-refractivity contribution in [3.8, 4) is 0 Å². The summed E-state index contributed by atoms with van der Waals surface area (Å²) in [6.07, 6.45) is 6.97. The Hall–Kier alpha value is -0.920. The fraction of sp³-hybridized carbons (Fsp3) is 0.812. The molecule has 1 aliphatic heterocycles. The Kier molecular flexibility index (Phi) is 3.59. The van der Waals surface area contributed by atoms with Crippen LogP contribution in [0.3, 0.4) is 0 Å². The van der Waals surface area contributed by atoms with Crippen LogP contribution in [0.4, 0.5) is 0 Å². The van der Waals surface area contributed by atoms with Crippen LogP contribution >= 0.6 is 0 Å². The number of nitrogens with zero attached hydrogens (tertiary/aromatic N) is 3. The van der Waals surface area contributed by atoms with Crippen molar-refractivity contribution in [3.63, 3.8) is 0 Å². The standard InChI is InChI=1S/C16H26N4O2S/c1-12-13(9-19(2)17-12)10-20-6-5-16(11-20)7-14(8-16)18-23(21,22)15-3-4-15/h9,14-15,18H,3-8,10-11H2,1-2H3. The monoisotopic (exact) mass is 338 g/mol. The normalized spacial score (nSPS) is 31.7. The van der Waals surface area contributed by atoms with Crippen LogP contribution in [0.5, 0.6) is 0 Å². The molecule has 0 atom stereocenters. The van der Waals surface area contributed by atoms with Crippen LogP contribution in [0.15, 0.2) is 6.20 Å². The van der Waals surface area contributed by atoms with E-state index in [1.54, 1.807) is 0 Å². The van der Waals surface area contributed by atoms with Gasteiger partial charge < -0.3 is 0 Å². The summed E-state index contributed by atoms with van der Waals surface area (Å²) in [5, 5.41) is 4.31. The van der Waals surface area contributed by atoms with E-state index >= 15 is 0 Å². The zero-order valence-corrected chi connectivity index (χ0v) is 14.8. The number of nitrogens with one attached hydrogen (secondary N) is 1. The minimum Gasteiger partial charge on any atom is -0.298 e. The topological polar surface area (TPSA) is 67.2 Å². The molecule has 0 amide bonds. The summed E-state index contributed by atoms with van der Waals surface area (Å²) in [5.74, 6) is 0. The first-order valence-corrected chi connectivity index (χ1v) is 10.1. The van der Waals surface area contributed by atoms with Gasteiger partial charge in [-0.1, -0.05) is 0 Å². The van der Waals surface area contributed by atoms with Gasteiger partial charge in [-0.3, -0.25) is 9.58 Å². The SMILES string of the molecule is Cc1nn(C)cc1CN1CCC2(CC(NS(=O)(=O)C3CC3)C2)C1. The third-order valence-electron chi connectivity index (χ3n) is 5.68. The van der Waals surface area contributed by atoms with E-state index in [0.29, 0.717) is 5.41 Å². The van der Waals surface area contributed by atoms with Gasteiger partial charge in [-0.15, -0.1) is 0 Å². The van der Waals surface area contributed by atoms with Crippen molar-refractivity contribution in [2.24, 2.45) is 12.5 Å². The predicted molar refractivity (Wildman–Crippen MR) is 88.4 cm³/mol. The Morgan fingerprint density at radius 2 is 2.13 bits per heavy atom. The molecule has 1 aromatic rings. The molecule has 2 aliphatic carbocycles. The Bertz CT molecular complexity index is 702. The number of hydrogen-bond acceptors (Lipinski definition) is 4. The first kappa shape index (κ1) is 15.6. The Labute approximate surface area is 138 Å². The molecule has 6 nitrogen and oxygen atoms in total. The molecule has 1 saturated heterocycles. The smallest absolute Gasteiger partial charge is 0.214 e. The molecule has 1 N–H and O–H groups in total. The zero-order chi connectivity index (χ0) is 16.2. The highest BCUT2D eigenvalue weighted by molar-refractivity contribution is 7.90. The molecule has 128 valence electrons. The first-order valence-electron chi connectivity index (χ1n) is 8.58. The van der Waals surface area contributed by atoms with Crippen LogP contribution in [-0.2, 0) is 23.6 Å². The summed E-state index contributed by atoms with van der Waals surface area (Å²) >= 11 is 0. The second-order valence-electron chi connectivity index (χ2n) is 7.84. The number of sulfonamides is 1. The van der Waals surface area contributed by atoms with E-state index in [2.05, 4.69) is 27.8 Å². The fourth-order valence-corrected chi connectivity index (χ4v) is 5.90. The number of aromatic nitrogens is 2. The highest BCUT2D eigenvalue weighted by Crippen LogP contribution is 2.49. The predicted octanol–water partition coefficient (Wildman–Crippen LogP) is 1.16. The van der Waals surface area contributed by atoms with Crippen LogP contribution in [0.1, 0.15) is 43.4 Å². The average Bonchev–Trinajstić information content (AvgIpc) is 3.14. The largest absolute Gasteiger partial charge is 0.298 e. The number of hydrogen-bond donors (Lipinski definition) is 1. The fourth-order valence-electron chi connectivity index (χ4n) is 4.32. The van der Waals surface area contributed by atoms with Crippen molar-refractivity contribution in [1.82, 2.24) is 19.4 Å². The van der Waals surface area contributed by atoms with Crippen molar-refractivity contribution >= 4 is 10.0 Å². The Morgan fingerprint density at radius 1 is 1.39 bits per heavy atom. The van der Waals surface area contributed by atoms with Gasteiger partial charge in [0.1, 0.15) is 0 Å². The third-order valence-corrected chi connectivity index (χ3v) is 7.69. The molecule has 3 fully saturated rings. The van der Waals surface area contributed by atoms with Gasteiger partial charge in [-0.25, -0.2) is 13.1 Å². The van der Waals surface area contributed by atoms with Gasteiger partial charge in [-0.05, 0) is 51.0 Å². The number of aryl methyl sites for hydroxylation is 2. The first-order chi connectivity index (χ1) is 10.9. The van der Waals surface area contributed by atoms with Gasteiger partial charge >= 0.3 is 0 Å². The second kappa shape index (κ2) is 5.29.